The molecule has 220 valence electrons. The van der Waals surface area contributed by atoms with Gasteiger partial charge < -0.3 is 10.2 Å². The monoisotopic (exact) mass is 587 g/mol. The van der Waals surface area contributed by atoms with Crippen molar-refractivity contribution in [2.75, 3.05) is 32.7 Å². The van der Waals surface area contributed by atoms with Crippen LogP contribution in [-0.2, 0) is 26.0 Å². The molecule has 40 heavy (non-hydrogen) atoms. The summed E-state index contributed by atoms with van der Waals surface area (Å²) in [6.45, 7) is 4.19. The first kappa shape index (κ1) is 30.2. The van der Waals surface area contributed by atoms with Gasteiger partial charge in [-0.1, -0.05) is 19.9 Å². The van der Waals surface area contributed by atoms with Gasteiger partial charge in [0.25, 0.3) is 10.2 Å². The van der Waals surface area contributed by atoms with E-state index in [9.17, 15) is 35.6 Å². The average molecular weight is 588 g/mol. The van der Waals surface area contributed by atoms with Crippen LogP contribution in [-0.4, -0.2) is 72.5 Å². The highest BCUT2D eigenvalue weighted by Crippen LogP contribution is 2.34. The molecular formula is C26H33F4N5O4S. The predicted molar refractivity (Wildman–Crippen MR) is 136 cm³/mol. The second-order valence-electron chi connectivity index (χ2n) is 11.0. The average Bonchev–Trinajstić information content (AvgIpc) is 3.36. The first-order chi connectivity index (χ1) is 18.7. The van der Waals surface area contributed by atoms with Crippen molar-refractivity contribution in [3.8, 4) is 6.07 Å². The molecule has 9 nitrogen and oxygen atoms in total. The summed E-state index contributed by atoms with van der Waals surface area (Å²) >= 11 is 0. The number of amides is 2. The predicted octanol–water partition coefficient (Wildman–Crippen LogP) is 3.06. The van der Waals surface area contributed by atoms with E-state index in [-0.39, 0.29) is 49.5 Å². The highest BCUT2D eigenvalue weighted by atomic mass is 32.2. The lowest BCUT2D eigenvalue weighted by atomic mass is 9.93. The van der Waals surface area contributed by atoms with Crippen molar-refractivity contribution < 1.29 is 35.6 Å². The number of nitrogens with one attached hydrogen (secondary N) is 1. The quantitative estimate of drug-likeness (QED) is 0.493. The van der Waals surface area contributed by atoms with Gasteiger partial charge in [0.1, 0.15) is 11.9 Å². The van der Waals surface area contributed by atoms with Crippen molar-refractivity contribution in [2.24, 2.45) is 17.8 Å². The lowest BCUT2D eigenvalue weighted by Crippen LogP contribution is -2.57. The third-order valence-corrected chi connectivity index (χ3v) is 9.82. The Balaban J connectivity index is 1.44. The van der Waals surface area contributed by atoms with Gasteiger partial charge in [0, 0.05) is 38.3 Å². The van der Waals surface area contributed by atoms with Crippen LogP contribution in [0.1, 0.15) is 56.7 Å². The van der Waals surface area contributed by atoms with Gasteiger partial charge in [0.15, 0.2) is 0 Å². The van der Waals surface area contributed by atoms with Gasteiger partial charge in [-0.05, 0) is 43.7 Å². The smallest absolute Gasteiger partial charge is 0.347 e. The zero-order valence-electron chi connectivity index (χ0n) is 22.3. The van der Waals surface area contributed by atoms with Crippen LogP contribution in [0.25, 0.3) is 0 Å². The molecule has 0 spiro atoms. The molecule has 4 rings (SSSR count). The minimum Gasteiger partial charge on any atom is -0.347 e. The highest BCUT2D eigenvalue weighted by molar-refractivity contribution is 7.86. The molecule has 3 heterocycles. The molecule has 0 radical (unpaired) electrons. The molecule has 1 N–H and O–H groups in total. The van der Waals surface area contributed by atoms with Crippen LogP contribution in [0, 0.1) is 34.9 Å². The van der Waals surface area contributed by atoms with E-state index in [1.807, 2.05) is 6.07 Å². The zero-order valence-corrected chi connectivity index (χ0v) is 23.1. The number of nitrogens with zero attached hydrogens (tertiary/aromatic N) is 4. The molecule has 3 saturated heterocycles. The van der Waals surface area contributed by atoms with Crippen molar-refractivity contribution in [3.05, 3.63) is 35.1 Å². The summed E-state index contributed by atoms with van der Waals surface area (Å²) < 4.78 is 82.2. The second kappa shape index (κ2) is 11.6. The molecule has 0 aromatic heterocycles. The van der Waals surface area contributed by atoms with Crippen LogP contribution in [0.3, 0.4) is 0 Å². The van der Waals surface area contributed by atoms with Crippen LogP contribution < -0.4 is 5.32 Å². The van der Waals surface area contributed by atoms with E-state index in [1.54, 1.807) is 13.8 Å². The molecule has 0 bridgehead atoms. The Labute approximate surface area is 231 Å². The van der Waals surface area contributed by atoms with Gasteiger partial charge >= 0.3 is 6.18 Å². The first-order valence-corrected chi connectivity index (χ1v) is 14.8. The Bertz CT molecular complexity index is 1280. The number of likely N-dealkylation sites (tertiary alicyclic amines) is 1. The van der Waals surface area contributed by atoms with Crippen molar-refractivity contribution >= 4 is 22.0 Å². The van der Waals surface area contributed by atoms with Gasteiger partial charge in [-0.15, -0.1) is 0 Å². The third kappa shape index (κ3) is 6.11. The molecular weight excluding hydrogens is 554 g/mol. The summed E-state index contributed by atoms with van der Waals surface area (Å²) in [5.74, 6) is -3.30. The minimum absolute atomic E-state index is 0.0227. The summed E-state index contributed by atoms with van der Waals surface area (Å²) in [6, 6.07) is 2.47. The summed E-state index contributed by atoms with van der Waals surface area (Å²) in [5, 5.41) is 11.7. The van der Waals surface area contributed by atoms with Gasteiger partial charge in [0.2, 0.25) is 11.8 Å². The Hall–Kier alpha value is -2.76. The largest absolute Gasteiger partial charge is 0.416 e. The molecule has 0 saturated carbocycles. The van der Waals surface area contributed by atoms with E-state index < -0.39 is 51.7 Å². The van der Waals surface area contributed by atoms with Crippen molar-refractivity contribution in [3.63, 3.8) is 0 Å². The molecule has 14 heteroatoms. The fraction of sp³-hybridized carbons (Fsp3) is 0.654. The standard InChI is InChI=1S/C26H33F4N5O4S/c1-16(2)23(20-8-7-19(11-21(20)27)26(28,29)30)32-24(36)22-6-4-10-35(22)25(37)18-5-3-9-33(15-18)40(38,39)34-13-17(12-31)14-34/h7-8,11,16-18,22-23H,3-6,9-10,13-15H2,1-2H3,(H,32,36)/t18-,22+,23?/m0/s1. The van der Waals surface area contributed by atoms with E-state index in [4.69, 9.17) is 5.26 Å². The summed E-state index contributed by atoms with van der Waals surface area (Å²) in [7, 11) is -3.80. The lowest BCUT2D eigenvalue weighted by molar-refractivity contribution is -0.142. The maximum atomic E-state index is 14.7. The zero-order chi connectivity index (χ0) is 29.4. The van der Waals surface area contributed by atoms with Gasteiger partial charge in [-0.3, -0.25) is 9.59 Å². The number of halogens is 4. The van der Waals surface area contributed by atoms with E-state index >= 15 is 0 Å². The number of hydrogen-bond acceptors (Lipinski definition) is 5. The topological polar surface area (TPSA) is 114 Å². The normalized spacial score (nSPS) is 24.0. The maximum Gasteiger partial charge on any atom is 0.416 e. The molecule has 0 aliphatic carbocycles. The summed E-state index contributed by atoms with van der Waals surface area (Å²) in [4.78, 5) is 28.3. The van der Waals surface area contributed by atoms with Crippen LogP contribution in [0.15, 0.2) is 18.2 Å². The molecule has 3 aliphatic rings. The van der Waals surface area contributed by atoms with Crippen LogP contribution >= 0.6 is 0 Å². The molecule has 1 unspecified atom stereocenters. The highest BCUT2D eigenvalue weighted by Gasteiger charge is 2.44. The number of carbonyl (C=O) groups excluding carboxylic acids is 2. The van der Waals surface area contributed by atoms with Crippen molar-refractivity contribution in [1.82, 2.24) is 18.8 Å². The molecule has 3 atom stereocenters. The summed E-state index contributed by atoms with van der Waals surface area (Å²) in [5.41, 5.74) is -1.21. The fourth-order valence-electron chi connectivity index (χ4n) is 5.57. The second-order valence-corrected chi connectivity index (χ2v) is 12.9. The number of rotatable bonds is 7. The number of carbonyl (C=O) groups is 2. The molecule has 1 aromatic rings. The van der Waals surface area contributed by atoms with Crippen LogP contribution in [0.5, 0.6) is 0 Å². The Morgan fingerprint density at radius 2 is 1.75 bits per heavy atom. The fourth-order valence-corrected chi connectivity index (χ4v) is 7.36. The number of hydrogen-bond donors (Lipinski definition) is 1. The number of nitriles is 1. The van der Waals surface area contributed by atoms with E-state index in [0.29, 0.717) is 38.3 Å². The SMILES string of the molecule is CC(C)C(NC(=O)[C@H]1CCCN1C(=O)[C@H]1CCCN(S(=O)(=O)N2CC(C#N)C2)C1)c1ccc(C(F)(F)F)cc1F. The lowest BCUT2D eigenvalue weighted by Gasteiger charge is -2.41. The number of piperidine rings is 1. The van der Waals surface area contributed by atoms with Crippen molar-refractivity contribution in [2.45, 2.75) is 57.8 Å². The summed E-state index contributed by atoms with van der Waals surface area (Å²) in [6.07, 6.45) is -2.87. The van der Waals surface area contributed by atoms with Crippen LogP contribution in [0.2, 0.25) is 0 Å². The van der Waals surface area contributed by atoms with Gasteiger partial charge in [-0.2, -0.15) is 35.5 Å². The number of alkyl halides is 3. The first-order valence-electron chi connectivity index (χ1n) is 13.4. The van der Waals surface area contributed by atoms with Gasteiger partial charge in [-0.25, -0.2) is 4.39 Å². The van der Waals surface area contributed by atoms with Crippen molar-refractivity contribution in [1.29, 1.82) is 5.26 Å². The molecule has 2 amide bonds. The van der Waals surface area contributed by atoms with E-state index in [2.05, 4.69) is 5.32 Å². The van der Waals surface area contributed by atoms with E-state index in [0.717, 1.165) is 12.1 Å². The Morgan fingerprint density at radius 3 is 2.35 bits per heavy atom. The van der Waals surface area contributed by atoms with E-state index in [1.165, 1.54) is 13.5 Å². The molecule has 3 aliphatic heterocycles. The minimum atomic E-state index is -4.71. The molecule has 1 aromatic carbocycles. The molecule has 3 fully saturated rings. The Kier molecular flexibility index (Phi) is 8.77. The van der Waals surface area contributed by atoms with Crippen LogP contribution in [0.4, 0.5) is 17.6 Å². The van der Waals surface area contributed by atoms with Gasteiger partial charge in [0.05, 0.1) is 29.5 Å². The maximum absolute atomic E-state index is 14.7. The number of benzene rings is 1. The third-order valence-electron chi connectivity index (χ3n) is 7.88. The Morgan fingerprint density at radius 1 is 1.07 bits per heavy atom.